The van der Waals surface area contributed by atoms with Crippen LogP contribution in [0.5, 0.6) is 5.88 Å². The number of aryl methyl sites for hydroxylation is 3. The molecule has 1 aromatic carbocycles. The fourth-order valence-electron chi connectivity index (χ4n) is 3.61. The molecule has 4 rings (SSSR count). The van der Waals surface area contributed by atoms with Gasteiger partial charge in [0, 0.05) is 27.6 Å². The van der Waals surface area contributed by atoms with E-state index in [1.165, 1.54) is 9.44 Å². The van der Waals surface area contributed by atoms with Crippen molar-refractivity contribution < 1.29 is 4.74 Å². The van der Waals surface area contributed by atoms with Crippen LogP contribution in [0.3, 0.4) is 0 Å². The van der Waals surface area contributed by atoms with Crippen molar-refractivity contribution in [2.45, 2.75) is 53.6 Å². The standard InChI is InChI=1S/C26H26Cl2N4O2S/c1-14-11-29-25(26(4,5)6)31-22(14)18-7-8-19(27)20(10-18)32-16(3)30-23(21(28)24(32)33)34-12-17-9-15(2)35-13-17/h7-11,13H,12H2,1-6H3. The van der Waals surface area contributed by atoms with Gasteiger partial charge in [-0.25, -0.2) is 9.97 Å². The van der Waals surface area contributed by atoms with Crippen molar-refractivity contribution in [1.29, 1.82) is 0 Å². The Bertz CT molecular complexity index is 1470. The maximum Gasteiger partial charge on any atom is 0.280 e. The van der Waals surface area contributed by atoms with Crippen LogP contribution in [-0.4, -0.2) is 19.5 Å². The molecule has 0 saturated carbocycles. The quantitative estimate of drug-likeness (QED) is 0.283. The molecule has 0 radical (unpaired) electrons. The van der Waals surface area contributed by atoms with E-state index in [2.05, 4.69) is 30.7 Å². The summed E-state index contributed by atoms with van der Waals surface area (Å²) in [5, 5.41) is 2.29. The van der Waals surface area contributed by atoms with Crippen LogP contribution in [0.1, 0.15) is 48.4 Å². The highest BCUT2D eigenvalue weighted by Crippen LogP contribution is 2.31. The van der Waals surface area contributed by atoms with Crippen LogP contribution in [0.25, 0.3) is 16.9 Å². The van der Waals surface area contributed by atoms with E-state index >= 15 is 0 Å². The number of ether oxygens (including phenoxy) is 1. The van der Waals surface area contributed by atoms with Crippen LogP contribution >= 0.6 is 34.5 Å². The van der Waals surface area contributed by atoms with E-state index in [1.54, 1.807) is 24.3 Å². The van der Waals surface area contributed by atoms with Crippen molar-refractivity contribution in [1.82, 2.24) is 19.5 Å². The van der Waals surface area contributed by atoms with Crippen molar-refractivity contribution in [2.75, 3.05) is 0 Å². The highest BCUT2D eigenvalue weighted by atomic mass is 35.5. The third-order valence-corrected chi connectivity index (χ3v) is 6.98. The molecule has 0 saturated heterocycles. The molecule has 0 atom stereocenters. The average Bonchev–Trinajstić information content (AvgIpc) is 3.21. The van der Waals surface area contributed by atoms with Gasteiger partial charge in [-0.1, -0.05) is 50.0 Å². The third-order valence-electron chi connectivity index (χ3n) is 5.43. The van der Waals surface area contributed by atoms with Gasteiger partial charge < -0.3 is 4.74 Å². The lowest BCUT2D eigenvalue weighted by atomic mass is 9.95. The van der Waals surface area contributed by atoms with Gasteiger partial charge in [0.15, 0.2) is 5.02 Å². The van der Waals surface area contributed by atoms with Crippen molar-refractivity contribution in [2.24, 2.45) is 0 Å². The van der Waals surface area contributed by atoms with Gasteiger partial charge in [0.2, 0.25) is 5.88 Å². The van der Waals surface area contributed by atoms with E-state index < -0.39 is 5.56 Å². The summed E-state index contributed by atoms with van der Waals surface area (Å²) in [6.45, 7) is 12.2. The second-order valence-corrected chi connectivity index (χ2v) is 11.3. The minimum atomic E-state index is -0.454. The summed E-state index contributed by atoms with van der Waals surface area (Å²) in [5.74, 6) is 1.24. The first-order valence-corrected chi connectivity index (χ1v) is 12.7. The van der Waals surface area contributed by atoms with E-state index in [0.717, 1.165) is 28.2 Å². The zero-order valence-electron chi connectivity index (χ0n) is 20.4. The molecule has 0 aliphatic carbocycles. The second kappa shape index (κ2) is 9.72. The molecule has 0 spiro atoms. The summed E-state index contributed by atoms with van der Waals surface area (Å²) in [6.07, 6.45) is 1.81. The fraction of sp³-hybridized carbons (Fsp3) is 0.308. The Hall–Kier alpha value is -2.74. The van der Waals surface area contributed by atoms with Crippen LogP contribution < -0.4 is 10.3 Å². The van der Waals surface area contributed by atoms with Crippen molar-refractivity contribution >= 4 is 34.5 Å². The topological polar surface area (TPSA) is 69.9 Å². The number of halogens is 2. The normalized spacial score (nSPS) is 11.7. The van der Waals surface area contributed by atoms with Crippen molar-refractivity contribution in [3.8, 4) is 22.8 Å². The molecular formula is C26H26Cl2N4O2S. The largest absolute Gasteiger partial charge is 0.472 e. The lowest BCUT2D eigenvalue weighted by Gasteiger charge is -2.19. The number of aromatic nitrogens is 4. The SMILES string of the molecule is Cc1cc(COc2nc(C)n(-c3cc(-c4nc(C(C)(C)C)ncc4C)ccc3Cl)c(=O)c2Cl)cs1. The summed E-state index contributed by atoms with van der Waals surface area (Å²) < 4.78 is 7.17. The Morgan fingerprint density at radius 2 is 1.83 bits per heavy atom. The van der Waals surface area contributed by atoms with Crippen molar-refractivity contribution in [3.63, 3.8) is 0 Å². The lowest BCUT2D eigenvalue weighted by Crippen LogP contribution is -2.24. The van der Waals surface area contributed by atoms with Gasteiger partial charge in [-0.05, 0) is 49.9 Å². The van der Waals surface area contributed by atoms with E-state index in [0.29, 0.717) is 16.5 Å². The van der Waals surface area contributed by atoms with Crippen LogP contribution in [0.15, 0.2) is 40.6 Å². The maximum atomic E-state index is 13.3. The van der Waals surface area contributed by atoms with Gasteiger partial charge in [0.1, 0.15) is 18.3 Å². The smallest absolute Gasteiger partial charge is 0.280 e. The Labute approximate surface area is 218 Å². The highest BCUT2D eigenvalue weighted by molar-refractivity contribution is 7.10. The molecule has 182 valence electrons. The Morgan fingerprint density at radius 1 is 1.09 bits per heavy atom. The molecule has 0 bridgehead atoms. The predicted molar refractivity (Wildman–Crippen MR) is 142 cm³/mol. The number of hydrogen-bond donors (Lipinski definition) is 0. The number of rotatable bonds is 5. The molecule has 0 N–H and O–H groups in total. The van der Waals surface area contributed by atoms with Gasteiger partial charge in [0.25, 0.3) is 5.56 Å². The number of nitrogens with zero attached hydrogens (tertiary/aromatic N) is 4. The van der Waals surface area contributed by atoms with E-state index in [9.17, 15) is 4.79 Å². The van der Waals surface area contributed by atoms with E-state index in [-0.39, 0.29) is 22.9 Å². The van der Waals surface area contributed by atoms with Crippen LogP contribution in [0.2, 0.25) is 10.0 Å². The van der Waals surface area contributed by atoms with Gasteiger partial charge in [0.05, 0.1) is 16.4 Å². The van der Waals surface area contributed by atoms with Crippen LogP contribution in [-0.2, 0) is 12.0 Å². The van der Waals surface area contributed by atoms with Crippen LogP contribution in [0.4, 0.5) is 0 Å². The highest BCUT2D eigenvalue weighted by Gasteiger charge is 2.21. The van der Waals surface area contributed by atoms with Gasteiger partial charge in [-0.2, -0.15) is 4.98 Å². The Balaban J connectivity index is 1.76. The first-order chi connectivity index (χ1) is 16.5. The Kier molecular flexibility index (Phi) is 7.04. The molecule has 35 heavy (non-hydrogen) atoms. The van der Waals surface area contributed by atoms with E-state index in [4.69, 9.17) is 32.9 Å². The molecule has 9 heteroatoms. The first-order valence-electron chi connectivity index (χ1n) is 11.1. The monoisotopic (exact) mass is 528 g/mol. The predicted octanol–water partition coefficient (Wildman–Crippen LogP) is 6.86. The van der Waals surface area contributed by atoms with Gasteiger partial charge >= 0.3 is 0 Å². The second-order valence-electron chi connectivity index (χ2n) is 9.41. The molecule has 0 unspecified atom stereocenters. The first kappa shape index (κ1) is 25.4. The summed E-state index contributed by atoms with van der Waals surface area (Å²) in [7, 11) is 0. The average molecular weight is 529 g/mol. The number of hydrogen-bond acceptors (Lipinski definition) is 6. The zero-order chi connectivity index (χ0) is 25.5. The number of benzene rings is 1. The molecule has 4 aromatic rings. The fourth-order valence-corrected chi connectivity index (χ4v) is 4.69. The lowest BCUT2D eigenvalue weighted by molar-refractivity contribution is 0.292. The Morgan fingerprint density at radius 3 is 2.49 bits per heavy atom. The van der Waals surface area contributed by atoms with Crippen molar-refractivity contribution in [3.05, 3.63) is 83.9 Å². The van der Waals surface area contributed by atoms with Gasteiger partial charge in [-0.15, -0.1) is 11.3 Å². The minimum Gasteiger partial charge on any atom is -0.472 e. The van der Waals surface area contributed by atoms with Crippen LogP contribution in [0, 0.1) is 20.8 Å². The number of thiophene rings is 1. The molecule has 0 aliphatic heterocycles. The van der Waals surface area contributed by atoms with E-state index in [1.807, 2.05) is 43.6 Å². The maximum absolute atomic E-state index is 13.3. The third kappa shape index (κ3) is 5.27. The minimum absolute atomic E-state index is 0.0998. The summed E-state index contributed by atoms with van der Waals surface area (Å²) in [4.78, 5) is 28.3. The molecule has 3 aromatic heterocycles. The molecule has 3 heterocycles. The zero-order valence-corrected chi connectivity index (χ0v) is 22.8. The molecule has 6 nitrogen and oxygen atoms in total. The van der Waals surface area contributed by atoms with Gasteiger partial charge in [-0.3, -0.25) is 9.36 Å². The summed E-state index contributed by atoms with van der Waals surface area (Å²) >= 11 is 14.6. The summed E-state index contributed by atoms with van der Waals surface area (Å²) in [5.41, 5.74) is 3.31. The molecule has 0 amide bonds. The molecule has 0 aliphatic rings. The molecule has 0 fully saturated rings. The summed E-state index contributed by atoms with van der Waals surface area (Å²) in [6, 6.07) is 7.47. The molecular weight excluding hydrogens is 503 g/mol.